The topological polar surface area (TPSA) is 46.3 Å². The third kappa shape index (κ3) is 4.06. The average molecular weight is 381 g/mol. The zero-order valence-corrected chi connectivity index (χ0v) is 15.8. The quantitative estimate of drug-likeness (QED) is 0.618. The molecular weight excluding hydrogens is 360 g/mol. The van der Waals surface area contributed by atoms with E-state index in [2.05, 4.69) is 22.0 Å². The van der Waals surface area contributed by atoms with Crippen molar-refractivity contribution in [3.05, 3.63) is 70.4 Å². The highest BCUT2D eigenvalue weighted by atomic mass is 35.5. The zero-order chi connectivity index (χ0) is 18.6. The molecule has 1 aromatic heterocycles. The lowest BCUT2D eigenvalue weighted by molar-refractivity contribution is 0.489. The Hall–Kier alpha value is -2.59. The van der Waals surface area contributed by atoms with E-state index in [9.17, 15) is 4.79 Å². The lowest BCUT2D eigenvalue weighted by Gasteiger charge is -2.22. The second-order valence-corrected chi connectivity index (χ2v) is 7.22. The summed E-state index contributed by atoms with van der Waals surface area (Å²) in [6, 6.07) is 15.4. The number of halogens is 1. The summed E-state index contributed by atoms with van der Waals surface area (Å²) in [4.78, 5) is 18.9. The number of fused-ring (bicyclic) bond motifs is 1. The second kappa shape index (κ2) is 7.97. The van der Waals surface area contributed by atoms with Crippen molar-refractivity contribution in [2.45, 2.75) is 25.7 Å². The van der Waals surface area contributed by atoms with Crippen LogP contribution in [0.15, 0.2) is 57.7 Å². The van der Waals surface area contributed by atoms with Gasteiger partial charge in [0.25, 0.3) is 0 Å². The highest BCUT2D eigenvalue weighted by Crippen LogP contribution is 2.24. The van der Waals surface area contributed by atoms with Crippen LogP contribution in [0.25, 0.3) is 22.0 Å². The van der Waals surface area contributed by atoms with Gasteiger partial charge in [-0.25, -0.2) is 9.78 Å². The first kappa shape index (κ1) is 17.8. The van der Waals surface area contributed by atoms with Crippen molar-refractivity contribution in [1.29, 1.82) is 0 Å². The predicted octanol–water partition coefficient (Wildman–Crippen LogP) is 5.31. The largest absolute Gasteiger partial charge is 0.402 e. The maximum absolute atomic E-state index is 12.1. The normalized spacial score (nSPS) is 15.7. The Morgan fingerprint density at radius 2 is 1.70 bits per heavy atom. The van der Waals surface area contributed by atoms with Crippen LogP contribution in [0, 0.1) is 0 Å². The van der Waals surface area contributed by atoms with Gasteiger partial charge in [0, 0.05) is 18.8 Å². The molecule has 3 aromatic rings. The SMILES string of the molecule is O=c1oc(/C(Cl)=C/c2ccc(N3CCCCCC3)cc2)nc2ccccc12. The zero-order valence-electron chi connectivity index (χ0n) is 15.0. The Morgan fingerprint density at radius 3 is 2.44 bits per heavy atom. The molecule has 4 nitrogen and oxygen atoms in total. The van der Waals surface area contributed by atoms with E-state index in [0.717, 1.165) is 18.7 Å². The minimum Gasteiger partial charge on any atom is -0.402 e. The molecule has 0 aliphatic carbocycles. The predicted molar refractivity (Wildman–Crippen MR) is 111 cm³/mol. The molecule has 27 heavy (non-hydrogen) atoms. The van der Waals surface area contributed by atoms with E-state index in [1.807, 2.05) is 18.2 Å². The van der Waals surface area contributed by atoms with Gasteiger partial charge in [0.15, 0.2) is 0 Å². The molecule has 1 saturated heterocycles. The number of aromatic nitrogens is 1. The first-order chi connectivity index (χ1) is 13.2. The molecule has 0 atom stereocenters. The van der Waals surface area contributed by atoms with Crippen molar-refractivity contribution in [3.63, 3.8) is 0 Å². The molecule has 138 valence electrons. The maximum atomic E-state index is 12.1. The first-order valence-electron chi connectivity index (χ1n) is 9.33. The van der Waals surface area contributed by atoms with Gasteiger partial charge in [-0.2, -0.15) is 0 Å². The maximum Gasteiger partial charge on any atom is 0.347 e. The van der Waals surface area contributed by atoms with E-state index < -0.39 is 5.63 Å². The van der Waals surface area contributed by atoms with Crippen LogP contribution >= 0.6 is 11.6 Å². The van der Waals surface area contributed by atoms with Crippen molar-refractivity contribution >= 4 is 39.3 Å². The van der Waals surface area contributed by atoms with Gasteiger partial charge in [0.05, 0.1) is 10.9 Å². The summed E-state index contributed by atoms with van der Waals surface area (Å²) in [6.07, 6.45) is 6.90. The molecule has 0 N–H and O–H groups in total. The minimum atomic E-state index is -0.432. The Bertz CT molecular complexity index is 1020. The van der Waals surface area contributed by atoms with E-state index in [1.54, 1.807) is 24.3 Å². The van der Waals surface area contributed by atoms with Crippen LogP contribution in [-0.2, 0) is 0 Å². The van der Waals surface area contributed by atoms with Gasteiger partial charge in [-0.1, -0.05) is 48.7 Å². The van der Waals surface area contributed by atoms with E-state index in [0.29, 0.717) is 15.9 Å². The molecule has 0 unspecified atom stereocenters. The van der Waals surface area contributed by atoms with Gasteiger partial charge in [-0.3, -0.25) is 0 Å². The summed E-state index contributed by atoms with van der Waals surface area (Å²) in [5.74, 6) is 0.136. The Balaban J connectivity index is 1.58. The molecule has 4 rings (SSSR count). The van der Waals surface area contributed by atoms with Crippen molar-refractivity contribution in [1.82, 2.24) is 4.98 Å². The summed E-state index contributed by atoms with van der Waals surface area (Å²) < 4.78 is 5.28. The van der Waals surface area contributed by atoms with E-state index in [-0.39, 0.29) is 5.89 Å². The molecule has 0 amide bonds. The van der Waals surface area contributed by atoms with Crippen molar-refractivity contribution in [3.8, 4) is 0 Å². The van der Waals surface area contributed by atoms with Gasteiger partial charge in [0.1, 0.15) is 5.03 Å². The number of rotatable bonds is 3. The smallest absolute Gasteiger partial charge is 0.347 e. The standard InChI is InChI=1S/C22H21ClN2O2/c23-19(21-24-20-8-4-3-7-18(20)22(26)27-21)15-16-9-11-17(12-10-16)25-13-5-1-2-6-14-25/h3-4,7-12,15H,1-2,5-6,13-14H2/b19-15-. The van der Waals surface area contributed by atoms with Gasteiger partial charge in [0.2, 0.25) is 5.89 Å². The van der Waals surface area contributed by atoms with Crippen LogP contribution in [0.1, 0.15) is 37.1 Å². The molecule has 0 bridgehead atoms. The lowest BCUT2D eigenvalue weighted by atomic mass is 10.1. The lowest BCUT2D eigenvalue weighted by Crippen LogP contribution is -2.23. The number of hydrogen-bond acceptors (Lipinski definition) is 4. The number of nitrogens with zero attached hydrogens (tertiary/aromatic N) is 2. The molecule has 0 radical (unpaired) electrons. The van der Waals surface area contributed by atoms with E-state index in [4.69, 9.17) is 16.0 Å². The van der Waals surface area contributed by atoms with E-state index >= 15 is 0 Å². The van der Waals surface area contributed by atoms with Crippen molar-refractivity contribution in [2.24, 2.45) is 0 Å². The van der Waals surface area contributed by atoms with Crippen LogP contribution in [0.4, 0.5) is 5.69 Å². The first-order valence-corrected chi connectivity index (χ1v) is 9.71. The molecule has 0 spiro atoms. The van der Waals surface area contributed by atoms with Gasteiger partial charge < -0.3 is 9.32 Å². The molecule has 0 saturated carbocycles. The molecule has 1 fully saturated rings. The molecular formula is C22H21ClN2O2. The Labute approximate surface area is 163 Å². The van der Waals surface area contributed by atoms with Crippen LogP contribution in [-0.4, -0.2) is 18.1 Å². The number of benzene rings is 2. The molecule has 2 heterocycles. The summed E-state index contributed by atoms with van der Waals surface area (Å²) in [5.41, 5.74) is 2.32. The van der Waals surface area contributed by atoms with E-state index in [1.165, 1.54) is 31.4 Å². The van der Waals surface area contributed by atoms with Crippen molar-refractivity contribution in [2.75, 3.05) is 18.0 Å². The van der Waals surface area contributed by atoms with Crippen LogP contribution in [0.5, 0.6) is 0 Å². The molecule has 5 heteroatoms. The number of anilines is 1. The monoisotopic (exact) mass is 380 g/mol. The summed E-state index contributed by atoms with van der Waals surface area (Å²) >= 11 is 6.38. The third-order valence-electron chi connectivity index (χ3n) is 4.90. The fourth-order valence-corrected chi connectivity index (χ4v) is 3.65. The highest BCUT2D eigenvalue weighted by molar-refractivity contribution is 6.50. The summed E-state index contributed by atoms with van der Waals surface area (Å²) in [5, 5.41) is 0.757. The fourth-order valence-electron chi connectivity index (χ4n) is 3.44. The van der Waals surface area contributed by atoms with Crippen LogP contribution in [0.2, 0.25) is 0 Å². The highest BCUT2D eigenvalue weighted by Gasteiger charge is 2.11. The summed E-state index contributed by atoms with van der Waals surface area (Å²) in [6.45, 7) is 2.23. The molecule has 1 aliphatic heterocycles. The Morgan fingerprint density at radius 1 is 1.00 bits per heavy atom. The Kier molecular flexibility index (Phi) is 5.26. The molecule has 1 aliphatic rings. The van der Waals surface area contributed by atoms with Crippen molar-refractivity contribution < 1.29 is 4.42 Å². The fraction of sp³-hybridized carbons (Fsp3) is 0.273. The molecule has 2 aromatic carbocycles. The van der Waals surface area contributed by atoms with Gasteiger partial charge in [-0.15, -0.1) is 0 Å². The summed E-state index contributed by atoms with van der Waals surface area (Å²) in [7, 11) is 0. The van der Waals surface area contributed by atoms with Crippen LogP contribution < -0.4 is 10.5 Å². The minimum absolute atomic E-state index is 0.136. The van der Waals surface area contributed by atoms with Crippen LogP contribution in [0.3, 0.4) is 0 Å². The third-order valence-corrected chi connectivity index (χ3v) is 5.17. The number of hydrogen-bond donors (Lipinski definition) is 0. The van der Waals surface area contributed by atoms with Gasteiger partial charge in [-0.05, 0) is 48.7 Å². The second-order valence-electron chi connectivity index (χ2n) is 6.81. The number of para-hydroxylation sites is 1. The van der Waals surface area contributed by atoms with Gasteiger partial charge >= 0.3 is 5.63 Å². The average Bonchev–Trinajstić information content (AvgIpc) is 2.98.